The van der Waals surface area contributed by atoms with Crippen molar-refractivity contribution in [3.8, 4) is 0 Å². The molecule has 0 aliphatic carbocycles. The van der Waals surface area contributed by atoms with E-state index in [-0.39, 0.29) is 11.7 Å². The summed E-state index contributed by atoms with van der Waals surface area (Å²) in [6, 6.07) is 3.84. The van der Waals surface area contributed by atoms with Gasteiger partial charge >= 0.3 is 0 Å². The van der Waals surface area contributed by atoms with E-state index in [1.54, 1.807) is 6.20 Å². The minimum atomic E-state index is -0.00640. The van der Waals surface area contributed by atoms with Crippen LogP contribution in [0.3, 0.4) is 0 Å². The van der Waals surface area contributed by atoms with Crippen LogP contribution in [0.25, 0.3) is 0 Å². The Morgan fingerprint density at radius 2 is 2.16 bits per heavy atom. The molecule has 0 unspecified atom stereocenters. The molecule has 0 amide bonds. The smallest absolute Gasteiger partial charge is 0.179 e. The predicted octanol–water partition coefficient (Wildman–Crippen LogP) is 2.81. The molecule has 19 heavy (non-hydrogen) atoms. The third-order valence-corrected chi connectivity index (χ3v) is 3.57. The Morgan fingerprint density at radius 1 is 1.37 bits per heavy atom. The zero-order valence-electron chi connectivity index (χ0n) is 11.3. The maximum absolute atomic E-state index is 11.7. The topological polar surface area (TPSA) is 39.8 Å². The SMILES string of the molecule is Cc1cc(C(=O)CCl)c(C)n1CCCn1cccn1. The molecule has 2 rings (SSSR count). The maximum Gasteiger partial charge on any atom is 0.179 e. The molecule has 0 radical (unpaired) electrons. The maximum atomic E-state index is 11.7. The number of ketones is 1. The van der Waals surface area contributed by atoms with Gasteiger partial charge in [0.15, 0.2) is 5.78 Å². The quantitative estimate of drug-likeness (QED) is 0.602. The van der Waals surface area contributed by atoms with Gasteiger partial charge in [-0.3, -0.25) is 9.48 Å². The second-order valence-electron chi connectivity index (χ2n) is 4.62. The van der Waals surface area contributed by atoms with Gasteiger partial charge in [-0.15, -0.1) is 11.6 Å². The Morgan fingerprint density at radius 3 is 2.79 bits per heavy atom. The predicted molar refractivity (Wildman–Crippen MR) is 75.8 cm³/mol. The molecule has 0 fully saturated rings. The number of Topliss-reactive ketones (excluding diaryl/α,β-unsaturated/α-hetero) is 1. The lowest BCUT2D eigenvalue weighted by Gasteiger charge is -2.09. The summed E-state index contributed by atoms with van der Waals surface area (Å²) in [4.78, 5) is 11.7. The molecule has 0 N–H and O–H groups in total. The minimum Gasteiger partial charge on any atom is -0.348 e. The fraction of sp³-hybridized carbons (Fsp3) is 0.429. The van der Waals surface area contributed by atoms with E-state index in [1.165, 1.54) is 0 Å². The van der Waals surface area contributed by atoms with E-state index in [9.17, 15) is 4.79 Å². The largest absolute Gasteiger partial charge is 0.348 e. The minimum absolute atomic E-state index is 0.00640. The number of aromatic nitrogens is 3. The summed E-state index contributed by atoms with van der Waals surface area (Å²) in [5.74, 6) is 0.0329. The van der Waals surface area contributed by atoms with Crippen LogP contribution in [0.2, 0.25) is 0 Å². The van der Waals surface area contributed by atoms with Crippen LogP contribution in [-0.2, 0) is 13.1 Å². The van der Waals surface area contributed by atoms with Crippen LogP contribution in [-0.4, -0.2) is 26.0 Å². The molecule has 0 saturated carbocycles. The van der Waals surface area contributed by atoms with Gasteiger partial charge < -0.3 is 4.57 Å². The van der Waals surface area contributed by atoms with Crippen molar-refractivity contribution >= 4 is 17.4 Å². The molecule has 0 bridgehead atoms. The van der Waals surface area contributed by atoms with Gasteiger partial charge in [0.25, 0.3) is 0 Å². The Balaban J connectivity index is 2.04. The van der Waals surface area contributed by atoms with Crippen molar-refractivity contribution in [2.45, 2.75) is 33.4 Å². The van der Waals surface area contributed by atoms with Crippen molar-refractivity contribution < 1.29 is 4.79 Å². The Bertz CT molecular complexity index is 558. The summed E-state index contributed by atoms with van der Waals surface area (Å²) in [5, 5.41) is 4.17. The highest BCUT2D eigenvalue weighted by atomic mass is 35.5. The second kappa shape index (κ2) is 6.06. The first kappa shape index (κ1) is 13.9. The van der Waals surface area contributed by atoms with E-state index in [0.717, 1.165) is 36.5 Å². The number of aryl methyl sites for hydroxylation is 2. The van der Waals surface area contributed by atoms with Crippen molar-refractivity contribution in [1.29, 1.82) is 0 Å². The lowest BCUT2D eigenvalue weighted by molar-refractivity contribution is 0.102. The Labute approximate surface area is 118 Å². The average molecular weight is 280 g/mol. The van der Waals surface area contributed by atoms with E-state index < -0.39 is 0 Å². The summed E-state index contributed by atoms with van der Waals surface area (Å²) >= 11 is 5.62. The van der Waals surface area contributed by atoms with E-state index in [0.29, 0.717) is 0 Å². The van der Waals surface area contributed by atoms with Gasteiger partial charge in [0.05, 0.1) is 5.88 Å². The lowest BCUT2D eigenvalue weighted by Crippen LogP contribution is -2.08. The number of carbonyl (C=O) groups is 1. The Kier molecular flexibility index (Phi) is 4.43. The number of nitrogens with zero attached hydrogens (tertiary/aromatic N) is 3. The first-order valence-corrected chi connectivity index (χ1v) is 6.90. The first-order valence-electron chi connectivity index (χ1n) is 6.37. The third kappa shape index (κ3) is 3.07. The van der Waals surface area contributed by atoms with Gasteiger partial charge in [-0.05, 0) is 32.4 Å². The standard InChI is InChI=1S/C14H18ClN3O/c1-11-9-13(14(19)10-15)12(2)18(11)8-4-7-17-6-3-5-16-17/h3,5-6,9H,4,7-8,10H2,1-2H3. The first-order chi connectivity index (χ1) is 9.13. The molecule has 102 valence electrons. The van der Waals surface area contributed by atoms with Crippen LogP contribution >= 0.6 is 11.6 Å². The summed E-state index contributed by atoms with van der Waals surface area (Å²) in [6.07, 6.45) is 4.72. The van der Waals surface area contributed by atoms with Crippen LogP contribution in [0, 0.1) is 13.8 Å². The fourth-order valence-electron chi connectivity index (χ4n) is 2.32. The van der Waals surface area contributed by atoms with Crippen LogP contribution in [0.1, 0.15) is 28.2 Å². The van der Waals surface area contributed by atoms with Crippen LogP contribution in [0.4, 0.5) is 0 Å². The average Bonchev–Trinajstić information content (AvgIpc) is 3.00. The number of hydrogen-bond donors (Lipinski definition) is 0. The normalized spacial score (nSPS) is 10.9. The summed E-state index contributed by atoms with van der Waals surface area (Å²) in [6.45, 7) is 5.75. The number of rotatable bonds is 6. The molecule has 0 aliphatic heterocycles. The van der Waals surface area contributed by atoms with E-state index in [1.807, 2.05) is 36.9 Å². The lowest BCUT2D eigenvalue weighted by atomic mass is 10.2. The highest BCUT2D eigenvalue weighted by molar-refractivity contribution is 6.30. The van der Waals surface area contributed by atoms with Gasteiger partial charge in [-0.2, -0.15) is 5.10 Å². The summed E-state index contributed by atoms with van der Waals surface area (Å²) < 4.78 is 4.09. The van der Waals surface area contributed by atoms with Crippen molar-refractivity contribution in [2.24, 2.45) is 0 Å². The van der Waals surface area contributed by atoms with Crippen molar-refractivity contribution in [3.05, 3.63) is 41.5 Å². The van der Waals surface area contributed by atoms with Gasteiger partial charge in [0.1, 0.15) is 0 Å². The molecule has 2 aromatic rings. The number of alkyl halides is 1. The number of halogens is 1. The summed E-state index contributed by atoms with van der Waals surface area (Å²) in [5.41, 5.74) is 2.85. The second-order valence-corrected chi connectivity index (χ2v) is 4.88. The Hall–Kier alpha value is -1.55. The van der Waals surface area contributed by atoms with Gasteiger partial charge in [-0.1, -0.05) is 0 Å². The van der Waals surface area contributed by atoms with Gasteiger partial charge in [0.2, 0.25) is 0 Å². The van der Waals surface area contributed by atoms with Crippen molar-refractivity contribution in [3.63, 3.8) is 0 Å². The summed E-state index contributed by atoms with van der Waals surface area (Å²) in [7, 11) is 0. The highest BCUT2D eigenvalue weighted by Crippen LogP contribution is 2.17. The van der Waals surface area contributed by atoms with Crippen LogP contribution < -0.4 is 0 Å². The van der Waals surface area contributed by atoms with Gasteiger partial charge in [0, 0.05) is 42.4 Å². The number of carbonyl (C=O) groups excluding carboxylic acids is 1. The van der Waals surface area contributed by atoms with E-state index >= 15 is 0 Å². The fourth-order valence-corrected chi connectivity index (χ4v) is 2.47. The number of hydrogen-bond acceptors (Lipinski definition) is 2. The molecule has 0 aromatic carbocycles. The van der Waals surface area contributed by atoms with Crippen LogP contribution in [0.5, 0.6) is 0 Å². The zero-order valence-corrected chi connectivity index (χ0v) is 12.0. The van der Waals surface area contributed by atoms with Crippen molar-refractivity contribution in [2.75, 3.05) is 5.88 Å². The van der Waals surface area contributed by atoms with E-state index in [4.69, 9.17) is 11.6 Å². The molecule has 4 nitrogen and oxygen atoms in total. The molecule has 2 aromatic heterocycles. The molecular weight excluding hydrogens is 262 g/mol. The molecule has 0 spiro atoms. The molecule has 0 saturated heterocycles. The van der Waals surface area contributed by atoms with Gasteiger partial charge in [-0.25, -0.2) is 0 Å². The van der Waals surface area contributed by atoms with Crippen LogP contribution in [0.15, 0.2) is 24.5 Å². The monoisotopic (exact) mass is 279 g/mol. The third-order valence-electron chi connectivity index (χ3n) is 3.32. The molecule has 0 atom stereocenters. The molecular formula is C14H18ClN3O. The highest BCUT2D eigenvalue weighted by Gasteiger charge is 2.14. The molecule has 2 heterocycles. The van der Waals surface area contributed by atoms with Crippen molar-refractivity contribution in [1.82, 2.24) is 14.3 Å². The molecule has 0 aliphatic rings. The molecule has 5 heteroatoms. The van der Waals surface area contributed by atoms with E-state index in [2.05, 4.69) is 9.67 Å². The zero-order chi connectivity index (χ0) is 13.8.